The first-order valence-electron chi connectivity index (χ1n) is 11.4. The van der Waals surface area contributed by atoms with Gasteiger partial charge in [-0.3, -0.25) is 4.98 Å². The molecule has 0 saturated heterocycles. The topological polar surface area (TPSA) is 67.8 Å². The van der Waals surface area contributed by atoms with Crippen LogP contribution in [0.25, 0.3) is 0 Å². The minimum atomic E-state index is 0. The van der Waals surface area contributed by atoms with Gasteiger partial charge in [0.15, 0.2) is 5.96 Å². The molecule has 176 valence electrons. The highest BCUT2D eigenvalue weighted by molar-refractivity contribution is 14.0. The number of benzene rings is 1. The van der Waals surface area contributed by atoms with Gasteiger partial charge in [0.2, 0.25) is 0 Å². The van der Waals surface area contributed by atoms with Crippen LogP contribution in [0.2, 0.25) is 0 Å². The summed E-state index contributed by atoms with van der Waals surface area (Å²) in [6.07, 6.45) is 8.03. The maximum atomic E-state index is 5.90. The number of pyridine rings is 1. The molecule has 0 atom stereocenters. The Morgan fingerprint density at radius 3 is 2.69 bits per heavy atom. The van der Waals surface area contributed by atoms with E-state index >= 15 is 0 Å². The predicted octanol–water partition coefficient (Wildman–Crippen LogP) is 4.93. The molecule has 0 aliphatic heterocycles. The van der Waals surface area contributed by atoms with Gasteiger partial charge in [-0.1, -0.05) is 31.0 Å². The summed E-state index contributed by atoms with van der Waals surface area (Å²) in [7, 11) is 1.79. The lowest BCUT2D eigenvalue weighted by Crippen LogP contribution is -2.43. The van der Waals surface area contributed by atoms with E-state index in [1.165, 1.54) is 25.7 Å². The number of hydrogen-bond donors (Lipinski definition) is 2. The van der Waals surface area contributed by atoms with Crippen molar-refractivity contribution in [2.75, 3.05) is 26.8 Å². The van der Waals surface area contributed by atoms with Crippen LogP contribution in [0.3, 0.4) is 0 Å². The lowest BCUT2D eigenvalue weighted by Gasteiger charge is -2.30. The summed E-state index contributed by atoms with van der Waals surface area (Å²) in [5, 5.41) is 6.97. The first-order chi connectivity index (χ1) is 15.2. The van der Waals surface area contributed by atoms with Crippen LogP contribution in [0.4, 0.5) is 0 Å². The third kappa shape index (κ3) is 8.58. The standard InChI is InChI=1S/C25H36N4O2.HI/c1-3-26-24(29-20-25(14-16-30-2)12-5-6-13-25)28-18-21-9-8-11-23(17-21)31-19-22-10-4-7-15-27-22;/h4,7-11,15,17H,3,5-6,12-14,16,18-20H2,1-2H3,(H2,26,28,29);1H. The molecule has 1 saturated carbocycles. The number of aromatic nitrogens is 1. The Morgan fingerprint density at radius 2 is 1.97 bits per heavy atom. The van der Waals surface area contributed by atoms with Crippen LogP contribution in [-0.4, -0.2) is 37.7 Å². The monoisotopic (exact) mass is 552 g/mol. The number of halogens is 1. The van der Waals surface area contributed by atoms with E-state index in [2.05, 4.69) is 28.6 Å². The molecule has 32 heavy (non-hydrogen) atoms. The van der Waals surface area contributed by atoms with Crippen molar-refractivity contribution in [1.82, 2.24) is 15.6 Å². The Labute approximate surface area is 209 Å². The average Bonchev–Trinajstić information content (AvgIpc) is 3.28. The molecule has 6 nitrogen and oxygen atoms in total. The molecule has 7 heteroatoms. The molecule has 1 aromatic carbocycles. The van der Waals surface area contributed by atoms with Crippen LogP contribution in [-0.2, 0) is 17.9 Å². The summed E-state index contributed by atoms with van der Waals surface area (Å²) in [6, 6.07) is 14.0. The van der Waals surface area contributed by atoms with Crippen molar-refractivity contribution in [2.45, 2.75) is 52.2 Å². The van der Waals surface area contributed by atoms with Gasteiger partial charge in [0, 0.05) is 33.0 Å². The van der Waals surface area contributed by atoms with Crippen molar-refractivity contribution in [2.24, 2.45) is 10.4 Å². The van der Waals surface area contributed by atoms with Crippen LogP contribution in [0.15, 0.2) is 53.7 Å². The number of methoxy groups -OCH3 is 1. The molecular formula is C25H37IN4O2. The highest BCUT2D eigenvalue weighted by Crippen LogP contribution is 2.40. The van der Waals surface area contributed by atoms with E-state index in [4.69, 9.17) is 14.5 Å². The van der Waals surface area contributed by atoms with Gasteiger partial charge in [0.1, 0.15) is 12.4 Å². The van der Waals surface area contributed by atoms with Gasteiger partial charge >= 0.3 is 0 Å². The molecule has 2 aromatic rings. The number of nitrogens with zero attached hydrogens (tertiary/aromatic N) is 2. The molecular weight excluding hydrogens is 515 g/mol. The quantitative estimate of drug-likeness (QED) is 0.235. The fourth-order valence-electron chi connectivity index (χ4n) is 4.12. The molecule has 2 N–H and O–H groups in total. The van der Waals surface area contributed by atoms with Gasteiger partial charge in [-0.15, -0.1) is 24.0 Å². The van der Waals surface area contributed by atoms with Crippen LogP contribution >= 0.6 is 24.0 Å². The zero-order valence-corrected chi connectivity index (χ0v) is 21.6. The Hall–Kier alpha value is -1.87. The molecule has 0 amide bonds. The first kappa shape index (κ1) is 26.4. The summed E-state index contributed by atoms with van der Waals surface area (Å²) in [5.74, 6) is 1.70. The van der Waals surface area contributed by atoms with Gasteiger partial charge < -0.3 is 20.1 Å². The Kier molecular flexibility index (Phi) is 11.8. The van der Waals surface area contributed by atoms with Crippen LogP contribution in [0.1, 0.15) is 50.3 Å². The lowest BCUT2D eigenvalue weighted by molar-refractivity contribution is 0.138. The van der Waals surface area contributed by atoms with Crippen LogP contribution in [0.5, 0.6) is 5.75 Å². The number of hydrogen-bond acceptors (Lipinski definition) is 4. The summed E-state index contributed by atoms with van der Waals surface area (Å²) in [5.41, 5.74) is 2.36. The highest BCUT2D eigenvalue weighted by atomic mass is 127. The average molecular weight is 553 g/mol. The van der Waals surface area contributed by atoms with Crippen molar-refractivity contribution in [3.8, 4) is 5.75 Å². The van der Waals surface area contributed by atoms with Crippen molar-refractivity contribution in [3.05, 3.63) is 59.9 Å². The fraction of sp³-hybridized carbons (Fsp3) is 0.520. The third-order valence-electron chi connectivity index (χ3n) is 5.91. The van der Waals surface area contributed by atoms with E-state index in [9.17, 15) is 0 Å². The minimum absolute atomic E-state index is 0. The van der Waals surface area contributed by atoms with E-state index in [1.54, 1.807) is 13.3 Å². The second-order valence-corrected chi connectivity index (χ2v) is 8.26. The van der Waals surface area contributed by atoms with E-state index in [0.717, 1.165) is 49.1 Å². The third-order valence-corrected chi connectivity index (χ3v) is 5.91. The van der Waals surface area contributed by atoms with Gasteiger partial charge in [0.25, 0.3) is 0 Å². The molecule has 0 spiro atoms. The summed E-state index contributed by atoms with van der Waals surface area (Å²) in [6.45, 7) is 5.75. The smallest absolute Gasteiger partial charge is 0.191 e. The summed E-state index contributed by atoms with van der Waals surface area (Å²) in [4.78, 5) is 9.11. The number of rotatable bonds is 11. The molecule has 0 unspecified atom stereocenters. The summed E-state index contributed by atoms with van der Waals surface area (Å²) < 4.78 is 11.3. The molecule has 3 rings (SSSR count). The number of ether oxygens (including phenoxy) is 2. The zero-order valence-electron chi connectivity index (χ0n) is 19.3. The first-order valence-corrected chi connectivity index (χ1v) is 11.4. The van der Waals surface area contributed by atoms with Gasteiger partial charge in [-0.2, -0.15) is 0 Å². The van der Waals surface area contributed by atoms with E-state index in [1.807, 2.05) is 36.4 Å². The fourth-order valence-corrected chi connectivity index (χ4v) is 4.12. The molecule has 1 aliphatic rings. The van der Waals surface area contributed by atoms with Gasteiger partial charge in [0.05, 0.1) is 12.2 Å². The van der Waals surface area contributed by atoms with Crippen molar-refractivity contribution >= 4 is 29.9 Å². The van der Waals surface area contributed by atoms with E-state index in [0.29, 0.717) is 18.6 Å². The Bertz CT molecular complexity index is 811. The van der Waals surface area contributed by atoms with Crippen molar-refractivity contribution < 1.29 is 9.47 Å². The van der Waals surface area contributed by atoms with Crippen LogP contribution in [0, 0.1) is 5.41 Å². The molecule has 1 heterocycles. The molecule has 1 aliphatic carbocycles. The highest BCUT2D eigenvalue weighted by Gasteiger charge is 2.33. The van der Waals surface area contributed by atoms with Gasteiger partial charge in [-0.25, -0.2) is 4.99 Å². The number of guanidine groups is 1. The van der Waals surface area contributed by atoms with E-state index < -0.39 is 0 Å². The Balaban J connectivity index is 0.00000363. The number of aliphatic imine (C=N–C) groups is 1. The second-order valence-electron chi connectivity index (χ2n) is 8.26. The Morgan fingerprint density at radius 1 is 1.12 bits per heavy atom. The molecule has 1 aromatic heterocycles. The van der Waals surface area contributed by atoms with Gasteiger partial charge in [-0.05, 0) is 61.4 Å². The predicted molar refractivity (Wildman–Crippen MR) is 141 cm³/mol. The second kappa shape index (κ2) is 14.3. The molecule has 0 radical (unpaired) electrons. The number of nitrogens with one attached hydrogen (secondary N) is 2. The van der Waals surface area contributed by atoms with E-state index in [-0.39, 0.29) is 24.0 Å². The summed E-state index contributed by atoms with van der Waals surface area (Å²) >= 11 is 0. The van der Waals surface area contributed by atoms with Crippen molar-refractivity contribution in [1.29, 1.82) is 0 Å². The normalized spacial score (nSPS) is 15.1. The minimum Gasteiger partial charge on any atom is -0.487 e. The SMILES string of the molecule is CCNC(=NCc1cccc(OCc2ccccn2)c1)NCC1(CCOC)CCCC1.I. The van der Waals surface area contributed by atoms with Crippen molar-refractivity contribution in [3.63, 3.8) is 0 Å². The molecule has 1 fully saturated rings. The largest absolute Gasteiger partial charge is 0.487 e. The lowest BCUT2D eigenvalue weighted by atomic mass is 9.83. The molecule has 0 bridgehead atoms. The van der Waals surface area contributed by atoms with Crippen LogP contribution < -0.4 is 15.4 Å². The maximum absolute atomic E-state index is 5.90. The zero-order chi connectivity index (χ0) is 21.8. The maximum Gasteiger partial charge on any atom is 0.191 e.